The fourth-order valence-electron chi connectivity index (χ4n) is 0.765. The van der Waals surface area contributed by atoms with Crippen LogP contribution in [0.4, 0.5) is 0 Å². The fourth-order valence-corrected chi connectivity index (χ4v) is 1.17. The van der Waals surface area contributed by atoms with Gasteiger partial charge in [0, 0.05) is 5.56 Å². The highest BCUT2D eigenvalue weighted by Gasteiger charge is 1.98. The van der Waals surface area contributed by atoms with Gasteiger partial charge in [0.25, 0.3) is 0 Å². The van der Waals surface area contributed by atoms with Crippen molar-refractivity contribution >= 4 is 29.3 Å². The molecule has 0 bridgehead atoms. The first-order valence-electron chi connectivity index (χ1n) is 3.84. The predicted octanol–water partition coefficient (Wildman–Crippen LogP) is 3.40. The van der Waals surface area contributed by atoms with E-state index in [1.165, 1.54) is 0 Å². The summed E-state index contributed by atoms with van der Waals surface area (Å²) in [6.07, 6.45) is 3.33. The minimum absolute atomic E-state index is 0.378. The summed E-state index contributed by atoms with van der Waals surface area (Å²) in [7, 11) is 0. The van der Waals surface area contributed by atoms with Crippen LogP contribution in [0.15, 0.2) is 18.4 Å². The van der Waals surface area contributed by atoms with Crippen LogP contribution in [0.2, 0.25) is 10.3 Å². The highest BCUT2D eigenvalue weighted by Crippen LogP contribution is 2.17. The maximum Gasteiger partial charge on any atom is 0.138 e. The fraction of sp³-hybridized carbons (Fsp3) is 0.222. The lowest BCUT2D eigenvalue weighted by atomic mass is 10.3. The molecule has 0 aliphatic carbocycles. The van der Waals surface area contributed by atoms with E-state index in [1.807, 2.05) is 6.92 Å². The molecule has 0 fully saturated rings. The van der Waals surface area contributed by atoms with Gasteiger partial charge in [0.15, 0.2) is 0 Å². The smallest absolute Gasteiger partial charge is 0.138 e. The molecule has 1 aromatic heterocycles. The molecule has 13 heavy (non-hydrogen) atoms. The third-order valence-corrected chi connectivity index (χ3v) is 1.87. The summed E-state index contributed by atoms with van der Waals surface area (Å²) in [6.45, 7) is 2.54. The standard InChI is InChI=1S/C9H9Cl2NO/c1-2-13-6-5-7-3-4-8(10)12-9(7)11/h3-6H,2H2,1H3/b6-5+. The average Bonchev–Trinajstić information content (AvgIpc) is 2.09. The predicted molar refractivity (Wildman–Crippen MR) is 54.9 cm³/mol. The van der Waals surface area contributed by atoms with Crippen molar-refractivity contribution in [3.05, 3.63) is 34.3 Å². The minimum atomic E-state index is 0.378. The maximum atomic E-state index is 5.81. The summed E-state index contributed by atoms with van der Waals surface area (Å²) in [5, 5.41) is 0.766. The van der Waals surface area contributed by atoms with Crippen LogP contribution in [-0.2, 0) is 4.74 Å². The van der Waals surface area contributed by atoms with E-state index < -0.39 is 0 Å². The Hall–Kier alpha value is -0.730. The van der Waals surface area contributed by atoms with Crippen LogP contribution in [-0.4, -0.2) is 11.6 Å². The summed E-state index contributed by atoms with van der Waals surface area (Å²) in [4.78, 5) is 3.88. The number of rotatable bonds is 3. The van der Waals surface area contributed by atoms with Crippen molar-refractivity contribution in [2.75, 3.05) is 6.61 Å². The van der Waals surface area contributed by atoms with Crippen molar-refractivity contribution in [3.8, 4) is 0 Å². The van der Waals surface area contributed by atoms with Crippen molar-refractivity contribution in [1.29, 1.82) is 0 Å². The molecule has 0 spiro atoms. The van der Waals surface area contributed by atoms with Crippen LogP contribution in [0.1, 0.15) is 12.5 Å². The van der Waals surface area contributed by atoms with Crippen molar-refractivity contribution < 1.29 is 4.74 Å². The van der Waals surface area contributed by atoms with E-state index >= 15 is 0 Å². The molecule has 1 aromatic rings. The van der Waals surface area contributed by atoms with Gasteiger partial charge in [0.05, 0.1) is 12.9 Å². The monoisotopic (exact) mass is 217 g/mol. The molecule has 0 radical (unpaired) electrons. The van der Waals surface area contributed by atoms with Crippen LogP contribution >= 0.6 is 23.2 Å². The summed E-state index contributed by atoms with van der Waals surface area (Å²) in [6, 6.07) is 3.46. The molecule has 0 N–H and O–H groups in total. The van der Waals surface area contributed by atoms with Crippen molar-refractivity contribution in [1.82, 2.24) is 4.98 Å². The molecule has 1 heterocycles. The Morgan fingerprint density at radius 3 is 2.85 bits per heavy atom. The van der Waals surface area contributed by atoms with E-state index in [9.17, 15) is 0 Å². The van der Waals surface area contributed by atoms with Gasteiger partial charge < -0.3 is 4.74 Å². The lowest BCUT2D eigenvalue weighted by Crippen LogP contribution is -1.82. The Labute approximate surface area is 87.1 Å². The maximum absolute atomic E-state index is 5.81. The summed E-state index contributed by atoms with van der Waals surface area (Å²) < 4.78 is 5.02. The highest BCUT2D eigenvalue weighted by atomic mass is 35.5. The van der Waals surface area contributed by atoms with Crippen molar-refractivity contribution in [2.45, 2.75) is 6.92 Å². The van der Waals surface area contributed by atoms with Crippen LogP contribution in [0.3, 0.4) is 0 Å². The number of hydrogen-bond donors (Lipinski definition) is 0. The second-order valence-electron chi connectivity index (χ2n) is 2.27. The Bertz CT molecular complexity index is 312. The van der Waals surface area contributed by atoms with Crippen LogP contribution in [0.5, 0.6) is 0 Å². The Balaban J connectivity index is 2.77. The van der Waals surface area contributed by atoms with Gasteiger partial charge in [-0.15, -0.1) is 0 Å². The van der Waals surface area contributed by atoms with Gasteiger partial charge in [0.1, 0.15) is 10.3 Å². The number of nitrogens with zero attached hydrogens (tertiary/aromatic N) is 1. The molecular formula is C9H9Cl2NO. The number of pyridine rings is 1. The largest absolute Gasteiger partial charge is 0.501 e. The minimum Gasteiger partial charge on any atom is -0.501 e. The Morgan fingerprint density at radius 2 is 2.23 bits per heavy atom. The molecule has 0 atom stereocenters. The van der Waals surface area contributed by atoms with Crippen molar-refractivity contribution in [2.24, 2.45) is 0 Å². The second-order valence-corrected chi connectivity index (χ2v) is 3.02. The highest BCUT2D eigenvalue weighted by molar-refractivity contribution is 6.33. The lowest BCUT2D eigenvalue weighted by molar-refractivity contribution is 0.272. The number of hydrogen-bond acceptors (Lipinski definition) is 2. The molecule has 0 unspecified atom stereocenters. The second kappa shape index (κ2) is 5.10. The molecule has 0 aliphatic heterocycles. The zero-order chi connectivity index (χ0) is 9.68. The number of halogens is 2. The molecule has 1 rings (SSSR count). The summed E-state index contributed by atoms with van der Waals surface area (Å²) in [5.74, 6) is 0. The van der Waals surface area contributed by atoms with E-state index in [2.05, 4.69) is 4.98 Å². The van der Waals surface area contributed by atoms with Crippen LogP contribution in [0.25, 0.3) is 6.08 Å². The summed E-state index contributed by atoms with van der Waals surface area (Å²) in [5.41, 5.74) is 0.791. The first-order chi connectivity index (χ1) is 6.24. The first-order valence-corrected chi connectivity index (χ1v) is 4.60. The Morgan fingerprint density at radius 1 is 1.46 bits per heavy atom. The first kappa shape index (κ1) is 10.4. The van der Waals surface area contributed by atoms with Gasteiger partial charge in [0.2, 0.25) is 0 Å². The van der Waals surface area contributed by atoms with Crippen molar-refractivity contribution in [3.63, 3.8) is 0 Å². The lowest BCUT2D eigenvalue weighted by Gasteiger charge is -1.97. The molecule has 0 aliphatic rings. The normalized spacial score (nSPS) is 10.7. The van der Waals surface area contributed by atoms with Crippen LogP contribution < -0.4 is 0 Å². The van der Waals surface area contributed by atoms with E-state index in [-0.39, 0.29) is 0 Å². The van der Waals surface area contributed by atoms with E-state index in [0.717, 1.165) is 5.56 Å². The Kier molecular flexibility index (Phi) is 4.06. The molecule has 0 saturated carbocycles. The van der Waals surface area contributed by atoms with Gasteiger partial charge in [-0.25, -0.2) is 4.98 Å². The van der Waals surface area contributed by atoms with E-state index in [1.54, 1.807) is 24.5 Å². The molecule has 0 amide bonds. The molecule has 2 nitrogen and oxygen atoms in total. The topological polar surface area (TPSA) is 22.1 Å². The third kappa shape index (κ3) is 3.25. The zero-order valence-electron chi connectivity index (χ0n) is 7.13. The zero-order valence-corrected chi connectivity index (χ0v) is 8.64. The molecule has 0 aromatic carbocycles. The summed E-state index contributed by atoms with van der Waals surface area (Å²) >= 11 is 11.4. The third-order valence-electron chi connectivity index (χ3n) is 1.35. The molecule has 0 saturated heterocycles. The quantitative estimate of drug-likeness (QED) is 0.573. The molecule has 4 heteroatoms. The van der Waals surface area contributed by atoms with E-state index in [0.29, 0.717) is 16.9 Å². The molecular weight excluding hydrogens is 209 g/mol. The van der Waals surface area contributed by atoms with E-state index in [4.69, 9.17) is 27.9 Å². The van der Waals surface area contributed by atoms with Gasteiger partial charge in [-0.2, -0.15) is 0 Å². The molecule has 70 valence electrons. The SMILES string of the molecule is CCO/C=C/c1ccc(Cl)nc1Cl. The van der Waals surface area contributed by atoms with Gasteiger partial charge in [-0.05, 0) is 25.1 Å². The van der Waals surface area contributed by atoms with Gasteiger partial charge in [-0.3, -0.25) is 0 Å². The van der Waals surface area contributed by atoms with Gasteiger partial charge in [-0.1, -0.05) is 23.2 Å². The average molecular weight is 218 g/mol. The number of ether oxygens (including phenoxy) is 1. The number of aromatic nitrogens is 1. The van der Waals surface area contributed by atoms with Crippen LogP contribution in [0, 0.1) is 0 Å². The van der Waals surface area contributed by atoms with Gasteiger partial charge >= 0.3 is 0 Å².